The van der Waals surface area contributed by atoms with E-state index in [2.05, 4.69) is 27.7 Å². The molecular weight excluding hydrogens is 278 g/mol. The number of fused-ring (bicyclic) bond motifs is 3. The van der Waals surface area contributed by atoms with E-state index < -0.39 is 0 Å². The van der Waals surface area contributed by atoms with Crippen LogP contribution in [0.5, 0.6) is 0 Å². The Morgan fingerprint density at radius 1 is 1.13 bits per heavy atom. The molecule has 2 N–H and O–H groups in total. The van der Waals surface area contributed by atoms with E-state index in [1.807, 2.05) is 0 Å². The van der Waals surface area contributed by atoms with Crippen molar-refractivity contribution < 1.29 is 0 Å². The summed E-state index contributed by atoms with van der Waals surface area (Å²) in [4.78, 5) is 0. The summed E-state index contributed by atoms with van der Waals surface area (Å²) in [6.07, 6.45) is 14.4. The lowest BCUT2D eigenvalue weighted by atomic mass is 9.54. The van der Waals surface area contributed by atoms with Crippen LogP contribution in [0.3, 0.4) is 0 Å². The Morgan fingerprint density at radius 3 is 2.61 bits per heavy atom. The van der Waals surface area contributed by atoms with Crippen LogP contribution in [0, 0.1) is 40.9 Å². The van der Waals surface area contributed by atoms with E-state index in [1.54, 1.807) is 0 Å². The topological polar surface area (TPSA) is 26.0 Å². The first-order valence-corrected chi connectivity index (χ1v) is 10.7. The van der Waals surface area contributed by atoms with Gasteiger partial charge in [0, 0.05) is 6.04 Å². The fourth-order valence-corrected chi connectivity index (χ4v) is 6.95. The van der Waals surface area contributed by atoms with Gasteiger partial charge in [-0.3, -0.25) is 0 Å². The van der Waals surface area contributed by atoms with Gasteiger partial charge in [-0.2, -0.15) is 0 Å². The summed E-state index contributed by atoms with van der Waals surface area (Å²) in [6, 6.07) is 0.435. The third-order valence-electron chi connectivity index (χ3n) is 8.30. The van der Waals surface area contributed by atoms with Crippen LogP contribution in [0.25, 0.3) is 0 Å². The Morgan fingerprint density at radius 2 is 1.87 bits per heavy atom. The number of rotatable bonds is 5. The standard InChI is InChI=1S/C22H41N/c1-5-6-16(3)20(23)14-18-10-12-22(4)11-9-17-13-15(2)7-8-19(17)21(18)22/h15-21H,5-14,23H2,1-4H3. The normalized spacial score (nSPS) is 46.0. The van der Waals surface area contributed by atoms with Crippen LogP contribution in [0.2, 0.25) is 0 Å². The van der Waals surface area contributed by atoms with Crippen molar-refractivity contribution in [3.8, 4) is 0 Å². The first kappa shape index (κ1) is 17.8. The van der Waals surface area contributed by atoms with Crippen molar-refractivity contribution in [3.05, 3.63) is 0 Å². The largest absolute Gasteiger partial charge is 0.327 e. The predicted molar refractivity (Wildman–Crippen MR) is 100 cm³/mol. The number of hydrogen-bond donors (Lipinski definition) is 1. The molecule has 1 nitrogen and oxygen atoms in total. The fourth-order valence-electron chi connectivity index (χ4n) is 6.95. The van der Waals surface area contributed by atoms with Gasteiger partial charge in [-0.15, -0.1) is 0 Å². The second-order valence-electron chi connectivity index (χ2n) is 10.0. The van der Waals surface area contributed by atoms with Gasteiger partial charge >= 0.3 is 0 Å². The third-order valence-corrected chi connectivity index (χ3v) is 8.30. The molecule has 23 heavy (non-hydrogen) atoms. The Balaban J connectivity index is 1.70. The van der Waals surface area contributed by atoms with Crippen molar-refractivity contribution in [2.75, 3.05) is 0 Å². The zero-order valence-corrected chi connectivity index (χ0v) is 16.2. The highest BCUT2D eigenvalue weighted by molar-refractivity contribution is 5.03. The van der Waals surface area contributed by atoms with Gasteiger partial charge < -0.3 is 5.73 Å². The minimum absolute atomic E-state index is 0.435. The second-order valence-corrected chi connectivity index (χ2v) is 10.0. The van der Waals surface area contributed by atoms with Gasteiger partial charge in [-0.25, -0.2) is 0 Å². The molecule has 3 saturated carbocycles. The molecule has 0 radical (unpaired) electrons. The summed E-state index contributed by atoms with van der Waals surface area (Å²) in [5.41, 5.74) is 7.29. The molecule has 0 aromatic carbocycles. The van der Waals surface area contributed by atoms with Gasteiger partial charge in [0.2, 0.25) is 0 Å². The van der Waals surface area contributed by atoms with E-state index in [4.69, 9.17) is 5.73 Å². The van der Waals surface area contributed by atoms with Crippen molar-refractivity contribution in [2.45, 2.75) is 97.9 Å². The Hall–Kier alpha value is -0.0400. The molecule has 0 spiro atoms. The number of hydrogen-bond acceptors (Lipinski definition) is 1. The van der Waals surface area contributed by atoms with Gasteiger partial charge in [-0.1, -0.05) is 40.5 Å². The SMILES string of the molecule is CCCC(C)C(N)CC1CCC2(C)CCC3CC(C)CCC3C12. The third kappa shape index (κ3) is 3.51. The Kier molecular flexibility index (Phi) is 5.46. The van der Waals surface area contributed by atoms with E-state index in [1.165, 1.54) is 64.2 Å². The molecule has 0 amide bonds. The smallest absolute Gasteiger partial charge is 0.00672 e. The summed E-state index contributed by atoms with van der Waals surface area (Å²) < 4.78 is 0. The van der Waals surface area contributed by atoms with Crippen molar-refractivity contribution in [3.63, 3.8) is 0 Å². The molecule has 0 aromatic rings. The van der Waals surface area contributed by atoms with Crippen LogP contribution in [-0.4, -0.2) is 6.04 Å². The first-order valence-electron chi connectivity index (χ1n) is 10.7. The van der Waals surface area contributed by atoms with Crippen LogP contribution < -0.4 is 5.73 Å². The lowest BCUT2D eigenvalue weighted by Gasteiger charge is -2.51. The molecule has 0 saturated heterocycles. The fraction of sp³-hybridized carbons (Fsp3) is 1.00. The van der Waals surface area contributed by atoms with E-state index in [-0.39, 0.29) is 0 Å². The van der Waals surface area contributed by atoms with Crippen molar-refractivity contribution in [2.24, 2.45) is 46.7 Å². The summed E-state index contributed by atoms with van der Waals surface area (Å²) in [5.74, 6) is 5.68. The van der Waals surface area contributed by atoms with Crippen molar-refractivity contribution in [1.29, 1.82) is 0 Å². The zero-order valence-electron chi connectivity index (χ0n) is 16.2. The maximum atomic E-state index is 6.64. The molecule has 0 aromatic heterocycles. The van der Waals surface area contributed by atoms with Crippen molar-refractivity contribution >= 4 is 0 Å². The maximum absolute atomic E-state index is 6.64. The van der Waals surface area contributed by atoms with E-state index >= 15 is 0 Å². The predicted octanol–water partition coefficient (Wildman–Crippen LogP) is 6.02. The second kappa shape index (κ2) is 7.06. The van der Waals surface area contributed by atoms with Crippen LogP contribution >= 0.6 is 0 Å². The van der Waals surface area contributed by atoms with Crippen molar-refractivity contribution in [1.82, 2.24) is 0 Å². The van der Waals surface area contributed by atoms with Gasteiger partial charge in [0.25, 0.3) is 0 Å². The molecule has 1 heteroatoms. The quantitative estimate of drug-likeness (QED) is 0.659. The minimum Gasteiger partial charge on any atom is -0.327 e. The van der Waals surface area contributed by atoms with Crippen LogP contribution in [0.4, 0.5) is 0 Å². The van der Waals surface area contributed by atoms with Gasteiger partial charge in [0.1, 0.15) is 0 Å². The molecular formula is C22H41N. The first-order chi connectivity index (χ1) is 10.9. The maximum Gasteiger partial charge on any atom is 0.00672 e. The highest BCUT2D eigenvalue weighted by Crippen LogP contribution is 2.62. The average Bonchev–Trinajstić information content (AvgIpc) is 2.84. The van der Waals surface area contributed by atoms with Crippen LogP contribution in [0.1, 0.15) is 91.9 Å². The highest BCUT2D eigenvalue weighted by Gasteiger charge is 2.53. The molecule has 0 aliphatic heterocycles. The molecule has 8 atom stereocenters. The molecule has 134 valence electrons. The lowest BCUT2D eigenvalue weighted by molar-refractivity contribution is -0.0197. The molecule has 3 aliphatic rings. The molecule has 8 unspecified atom stereocenters. The van der Waals surface area contributed by atoms with Gasteiger partial charge in [-0.05, 0) is 92.3 Å². The summed E-state index contributed by atoms with van der Waals surface area (Å²) in [7, 11) is 0. The number of nitrogens with two attached hydrogens (primary N) is 1. The molecule has 0 bridgehead atoms. The highest BCUT2D eigenvalue weighted by atomic mass is 14.7. The molecule has 0 heterocycles. The van der Waals surface area contributed by atoms with Crippen LogP contribution in [-0.2, 0) is 0 Å². The van der Waals surface area contributed by atoms with E-state index in [0.717, 1.165) is 29.6 Å². The Bertz CT molecular complexity index is 391. The van der Waals surface area contributed by atoms with E-state index in [0.29, 0.717) is 17.4 Å². The minimum atomic E-state index is 0.435. The monoisotopic (exact) mass is 319 g/mol. The summed E-state index contributed by atoms with van der Waals surface area (Å²) in [5, 5.41) is 0. The van der Waals surface area contributed by atoms with Gasteiger partial charge in [0.05, 0.1) is 0 Å². The summed E-state index contributed by atoms with van der Waals surface area (Å²) in [6.45, 7) is 9.80. The average molecular weight is 320 g/mol. The summed E-state index contributed by atoms with van der Waals surface area (Å²) >= 11 is 0. The molecule has 3 fully saturated rings. The lowest BCUT2D eigenvalue weighted by Crippen LogP contribution is -2.44. The zero-order chi connectivity index (χ0) is 16.6. The van der Waals surface area contributed by atoms with E-state index in [9.17, 15) is 0 Å². The van der Waals surface area contributed by atoms with Crippen LogP contribution in [0.15, 0.2) is 0 Å². The van der Waals surface area contributed by atoms with Gasteiger partial charge in [0.15, 0.2) is 0 Å². The molecule has 3 rings (SSSR count). The molecule has 3 aliphatic carbocycles. The Labute approximate surface area is 145 Å².